The van der Waals surface area contributed by atoms with Crippen LogP contribution in [0.4, 0.5) is 5.69 Å². The highest BCUT2D eigenvalue weighted by Gasteiger charge is 2.15. The molecule has 104 valence electrons. The third kappa shape index (κ3) is 3.05. The standard InChI is InChI=1S/C14H14ClN3O2/c1-19-6-5-18-11(9-16)8-13(17)14(18)20-12-4-2-3-10(15)7-12/h2-4,7-8H,5-6,17H2,1H3. The topological polar surface area (TPSA) is 73.2 Å². The zero-order valence-electron chi connectivity index (χ0n) is 11.0. The third-order valence-corrected chi connectivity index (χ3v) is 2.95. The van der Waals surface area contributed by atoms with Crippen LogP contribution in [0.25, 0.3) is 0 Å². The van der Waals surface area contributed by atoms with Crippen molar-refractivity contribution < 1.29 is 9.47 Å². The average molecular weight is 292 g/mol. The first-order valence-electron chi connectivity index (χ1n) is 5.97. The highest BCUT2D eigenvalue weighted by molar-refractivity contribution is 6.30. The summed E-state index contributed by atoms with van der Waals surface area (Å²) in [5.41, 5.74) is 6.73. The smallest absolute Gasteiger partial charge is 0.224 e. The van der Waals surface area contributed by atoms with Gasteiger partial charge in [-0.2, -0.15) is 5.26 Å². The average Bonchev–Trinajstić information content (AvgIpc) is 2.73. The van der Waals surface area contributed by atoms with E-state index in [0.717, 1.165) is 0 Å². The van der Waals surface area contributed by atoms with Gasteiger partial charge in [0.15, 0.2) is 0 Å². The Morgan fingerprint density at radius 3 is 2.85 bits per heavy atom. The number of benzene rings is 1. The van der Waals surface area contributed by atoms with Gasteiger partial charge in [-0.15, -0.1) is 0 Å². The third-order valence-electron chi connectivity index (χ3n) is 2.72. The first-order valence-corrected chi connectivity index (χ1v) is 6.35. The summed E-state index contributed by atoms with van der Waals surface area (Å²) < 4.78 is 12.5. The van der Waals surface area contributed by atoms with Gasteiger partial charge in [0.05, 0.1) is 18.8 Å². The minimum Gasteiger partial charge on any atom is -0.439 e. The van der Waals surface area contributed by atoms with Crippen LogP contribution in [-0.2, 0) is 11.3 Å². The number of nitrogens with zero attached hydrogens (tertiary/aromatic N) is 2. The molecule has 0 unspecified atom stereocenters. The van der Waals surface area contributed by atoms with E-state index in [2.05, 4.69) is 6.07 Å². The van der Waals surface area contributed by atoms with Gasteiger partial charge in [-0.3, -0.25) is 4.57 Å². The molecule has 1 aromatic carbocycles. The second-order valence-electron chi connectivity index (χ2n) is 4.11. The SMILES string of the molecule is COCCn1c(C#N)cc(N)c1Oc1cccc(Cl)c1. The lowest BCUT2D eigenvalue weighted by Crippen LogP contribution is -2.08. The molecular formula is C14H14ClN3O2. The first-order chi connectivity index (χ1) is 9.65. The lowest BCUT2D eigenvalue weighted by molar-refractivity contribution is 0.184. The maximum Gasteiger partial charge on any atom is 0.224 e. The number of ether oxygens (including phenoxy) is 2. The molecule has 0 fully saturated rings. The van der Waals surface area contributed by atoms with E-state index in [9.17, 15) is 0 Å². The van der Waals surface area contributed by atoms with Crippen LogP contribution in [0.2, 0.25) is 5.02 Å². The Morgan fingerprint density at radius 2 is 2.20 bits per heavy atom. The van der Waals surface area contributed by atoms with Crippen LogP contribution in [0, 0.1) is 11.3 Å². The number of nitrogen functional groups attached to an aromatic ring is 1. The van der Waals surface area contributed by atoms with Crippen molar-refractivity contribution in [3.05, 3.63) is 41.0 Å². The Balaban J connectivity index is 2.35. The number of hydrogen-bond donors (Lipinski definition) is 1. The van der Waals surface area contributed by atoms with E-state index in [0.29, 0.717) is 41.2 Å². The van der Waals surface area contributed by atoms with Gasteiger partial charge >= 0.3 is 0 Å². The van der Waals surface area contributed by atoms with Gasteiger partial charge in [0, 0.05) is 18.2 Å². The fourth-order valence-electron chi connectivity index (χ4n) is 1.81. The maximum atomic E-state index is 9.12. The van der Waals surface area contributed by atoms with Crippen LogP contribution in [0.3, 0.4) is 0 Å². The number of anilines is 1. The molecule has 0 aliphatic heterocycles. The molecule has 0 spiro atoms. The predicted molar refractivity (Wildman–Crippen MR) is 77.0 cm³/mol. The summed E-state index contributed by atoms with van der Waals surface area (Å²) in [7, 11) is 1.59. The van der Waals surface area contributed by atoms with E-state index in [1.807, 2.05) is 0 Å². The Kier molecular flexibility index (Phi) is 4.51. The normalized spacial score (nSPS) is 10.2. The fourth-order valence-corrected chi connectivity index (χ4v) is 1.99. The van der Waals surface area contributed by atoms with E-state index in [4.69, 9.17) is 32.1 Å². The van der Waals surface area contributed by atoms with Crippen LogP contribution in [0.5, 0.6) is 11.6 Å². The molecule has 2 N–H and O–H groups in total. The summed E-state index contributed by atoms with van der Waals surface area (Å²) >= 11 is 5.92. The van der Waals surface area contributed by atoms with Crippen LogP contribution in [0.15, 0.2) is 30.3 Å². The van der Waals surface area contributed by atoms with Crippen LogP contribution < -0.4 is 10.5 Å². The number of aromatic nitrogens is 1. The zero-order valence-corrected chi connectivity index (χ0v) is 11.7. The molecule has 0 radical (unpaired) electrons. The molecule has 0 aliphatic rings. The molecule has 2 aromatic rings. The molecule has 6 heteroatoms. The molecule has 0 bridgehead atoms. The first kappa shape index (κ1) is 14.3. The van der Waals surface area contributed by atoms with Crippen molar-refractivity contribution in [2.24, 2.45) is 0 Å². The predicted octanol–water partition coefficient (Wildman–Crippen LogP) is 3.03. The van der Waals surface area contributed by atoms with Crippen molar-refractivity contribution in [2.75, 3.05) is 19.5 Å². The maximum absolute atomic E-state index is 9.12. The number of hydrogen-bond acceptors (Lipinski definition) is 4. The highest BCUT2D eigenvalue weighted by atomic mass is 35.5. The van der Waals surface area contributed by atoms with E-state index in [1.54, 1.807) is 42.0 Å². The molecular weight excluding hydrogens is 278 g/mol. The number of rotatable bonds is 5. The van der Waals surface area contributed by atoms with Crippen molar-refractivity contribution in [2.45, 2.75) is 6.54 Å². The van der Waals surface area contributed by atoms with Crippen molar-refractivity contribution in [1.29, 1.82) is 5.26 Å². The summed E-state index contributed by atoms with van der Waals surface area (Å²) in [6.07, 6.45) is 0. The minimum absolute atomic E-state index is 0.401. The molecule has 0 aliphatic carbocycles. The molecule has 0 saturated heterocycles. The fraction of sp³-hybridized carbons (Fsp3) is 0.214. The number of halogens is 1. The summed E-state index contributed by atoms with van der Waals surface area (Å²) in [4.78, 5) is 0. The molecule has 0 saturated carbocycles. The van der Waals surface area contributed by atoms with Gasteiger partial charge in [-0.1, -0.05) is 17.7 Å². The highest BCUT2D eigenvalue weighted by Crippen LogP contribution is 2.32. The van der Waals surface area contributed by atoms with Crippen molar-refractivity contribution in [3.63, 3.8) is 0 Å². The second-order valence-corrected chi connectivity index (χ2v) is 4.54. The van der Waals surface area contributed by atoms with Gasteiger partial charge in [0.2, 0.25) is 5.88 Å². The van der Waals surface area contributed by atoms with Gasteiger partial charge in [0.1, 0.15) is 17.5 Å². The Bertz CT molecular complexity index is 646. The monoisotopic (exact) mass is 291 g/mol. The van der Waals surface area contributed by atoms with E-state index in [1.165, 1.54) is 0 Å². The zero-order chi connectivity index (χ0) is 14.5. The summed E-state index contributed by atoms with van der Waals surface area (Å²) in [5.74, 6) is 0.978. The molecule has 2 rings (SSSR count). The van der Waals surface area contributed by atoms with Crippen LogP contribution in [-0.4, -0.2) is 18.3 Å². The van der Waals surface area contributed by atoms with Gasteiger partial charge in [-0.05, 0) is 18.2 Å². The number of nitriles is 1. The van der Waals surface area contributed by atoms with E-state index < -0.39 is 0 Å². The van der Waals surface area contributed by atoms with E-state index >= 15 is 0 Å². The van der Waals surface area contributed by atoms with Gasteiger partial charge in [-0.25, -0.2) is 0 Å². The molecule has 20 heavy (non-hydrogen) atoms. The second kappa shape index (κ2) is 6.33. The van der Waals surface area contributed by atoms with Gasteiger partial charge < -0.3 is 15.2 Å². The molecule has 1 aromatic heterocycles. The number of methoxy groups -OCH3 is 1. The summed E-state index contributed by atoms with van der Waals surface area (Å²) in [5, 5.41) is 9.69. The minimum atomic E-state index is 0.401. The van der Waals surface area contributed by atoms with Crippen LogP contribution in [0.1, 0.15) is 5.69 Å². The van der Waals surface area contributed by atoms with Crippen molar-refractivity contribution in [3.8, 4) is 17.7 Å². The quantitative estimate of drug-likeness (QED) is 0.919. The molecule has 0 amide bonds. The van der Waals surface area contributed by atoms with Crippen LogP contribution >= 0.6 is 11.6 Å². The molecule has 1 heterocycles. The summed E-state index contributed by atoms with van der Waals surface area (Å²) in [6.45, 7) is 0.932. The van der Waals surface area contributed by atoms with E-state index in [-0.39, 0.29) is 0 Å². The van der Waals surface area contributed by atoms with Gasteiger partial charge in [0.25, 0.3) is 0 Å². The summed E-state index contributed by atoms with van der Waals surface area (Å²) in [6, 6.07) is 10.6. The largest absolute Gasteiger partial charge is 0.439 e. The lowest BCUT2D eigenvalue weighted by atomic mass is 10.3. The number of nitrogens with two attached hydrogens (primary N) is 1. The van der Waals surface area contributed by atoms with Crippen molar-refractivity contribution in [1.82, 2.24) is 4.57 Å². The molecule has 5 nitrogen and oxygen atoms in total. The molecule has 0 atom stereocenters. The Morgan fingerprint density at radius 1 is 1.40 bits per heavy atom. The lowest BCUT2D eigenvalue weighted by Gasteiger charge is -2.12. The van der Waals surface area contributed by atoms with Crippen molar-refractivity contribution >= 4 is 17.3 Å². The Hall–Kier alpha value is -2.16. The Labute approximate surface area is 122 Å².